The van der Waals surface area contributed by atoms with E-state index in [-0.39, 0.29) is 4.90 Å². The molecule has 0 saturated heterocycles. The number of benzene rings is 6. The lowest BCUT2D eigenvalue weighted by atomic mass is 10.00. The first kappa shape index (κ1) is 32.5. The van der Waals surface area contributed by atoms with Crippen LogP contribution in [-0.4, -0.2) is 24.3 Å². The van der Waals surface area contributed by atoms with E-state index in [1.54, 1.807) is 12.1 Å². The molecule has 3 N–H and O–H groups in total. The van der Waals surface area contributed by atoms with E-state index >= 15 is 0 Å². The Bertz CT molecular complexity index is 2380. The number of hydrogen-bond donors (Lipinski definition) is 2. The predicted octanol–water partition coefficient (Wildman–Crippen LogP) is 8.07. The molecule has 0 bridgehead atoms. The first-order valence-corrected chi connectivity index (χ1v) is 17.6. The third kappa shape index (κ3) is 7.65. The Labute approximate surface area is 290 Å². The highest BCUT2D eigenvalue weighted by atomic mass is 32.2. The molecule has 7 aromatic rings. The largest absolute Gasteiger partial charge is 0.489 e. The summed E-state index contributed by atoms with van der Waals surface area (Å²) in [5.74, 6) is 1.59. The van der Waals surface area contributed by atoms with E-state index in [0.29, 0.717) is 30.2 Å². The molecular formula is C41H34N4O4S. The molecule has 0 unspecified atom stereocenters. The fourth-order valence-corrected chi connectivity index (χ4v) is 6.26. The van der Waals surface area contributed by atoms with E-state index in [0.717, 1.165) is 40.0 Å². The summed E-state index contributed by atoms with van der Waals surface area (Å²) in [5.41, 5.74) is 9.04. The van der Waals surface area contributed by atoms with Crippen LogP contribution in [0.1, 0.15) is 27.8 Å². The summed E-state index contributed by atoms with van der Waals surface area (Å²) in [6.07, 6.45) is 0. The maximum atomic E-state index is 11.6. The number of hydrogen-bond acceptors (Lipinski definition) is 6. The maximum Gasteiger partial charge on any atom is 0.238 e. The molecule has 248 valence electrons. The molecular weight excluding hydrogens is 645 g/mol. The van der Waals surface area contributed by atoms with Gasteiger partial charge in [-0.3, -0.25) is 10.1 Å². The Hall–Kier alpha value is -6.03. The zero-order valence-electron chi connectivity index (χ0n) is 27.1. The number of sulfonamides is 1. The van der Waals surface area contributed by atoms with E-state index in [4.69, 9.17) is 19.6 Å². The van der Waals surface area contributed by atoms with E-state index in [1.165, 1.54) is 28.8 Å². The average Bonchev–Trinajstić information content (AvgIpc) is 3.78. The second-order valence-corrected chi connectivity index (χ2v) is 13.3. The molecule has 8 rings (SSSR count). The smallest absolute Gasteiger partial charge is 0.238 e. The first-order chi connectivity index (χ1) is 24.4. The zero-order valence-corrected chi connectivity index (χ0v) is 27.9. The van der Waals surface area contributed by atoms with E-state index in [1.807, 2.05) is 91.0 Å². The molecule has 0 aliphatic carbocycles. The number of ether oxygens (including phenoxy) is 2. The Morgan fingerprint density at radius 3 is 1.90 bits per heavy atom. The minimum absolute atomic E-state index is 0.0487. The molecule has 0 amide bonds. The zero-order chi connectivity index (χ0) is 34.3. The number of primary sulfonamides is 1. The van der Waals surface area contributed by atoms with Crippen LogP contribution in [0.5, 0.6) is 11.5 Å². The van der Waals surface area contributed by atoms with Crippen molar-refractivity contribution in [2.24, 2.45) is 10.1 Å². The topological polar surface area (TPSA) is 120 Å². The lowest BCUT2D eigenvalue weighted by Crippen LogP contribution is -2.11. The van der Waals surface area contributed by atoms with Gasteiger partial charge in [0.2, 0.25) is 10.0 Å². The molecule has 1 aromatic heterocycles. The van der Waals surface area contributed by atoms with E-state index in [9.17, 15) is 8.42 Å². The van der Waals surface area contributed by atoms with Gasteiger partial charge in [-0.25, -0.2) is 13.6 Å². The maximum absolute atomic E-state index is 11.6. The Balaban J connectivity index is 0.000000159. The van der Waals surface area contributed by atoms with Gasteiger partial charge in [-0.2, -0.15) is 5.10 Å². The molecule has 1 aliphatic rings. The van der Waals surface area contributed by atoms with Crippen LogP contribution in [0, 0.1) is 0 Å². The van der Waals surface area contributed by atoms with Gasteiger partial charge in [-0.15, -0.1) is 0 Å². The fraction of sp³-hybridized carbons (Fsp3) is 0.0732. The standard InChI is InChI=1S/C21H17NO.C20H17N3O3S/c1-3-7-16(8-4-1)15-23-19-12-11-18-14-22-21(20(18)13-19)17-9-5-2-6-10-17;21-27(24,25)17-8-4-7-15(11-17)20-18-12-16(9-10-19(18)22-23-20)26-13-14-5-2-1-3-6-14/h1-13H,14-15H2;1-12H,13H2,(H,22,23)(H2,21,24,25). The number of aromatic nitrogens is 2. The molecule has 0 radical (unpaired) electrons. The van der Waals surface area contributed by atoms with E-state index < -0.39 is 10.0 Å². The molecule has 0 saturated carbocycles. The monoisotopic (exact) mass is 678 g/mol. The van der Waals surface area contributed by atoms with Crippen molar-refractivity contribution in [3.05, 3.63) is 179 Å². The highest BCUT2D eigenvalue weighted by Crippen LogP contribution is 2.31. The van der Waals surface area contributed by atoms with Gasteiger partial charge < -0.3 is 9.47 Å². The van der Waals surface area contributed by atoms with Gasteiger partial charge in [0.25, 0.3) is 0 Å². The third-order valence-corrected chi connectivity index (χ3v) is 9.17. The molecule has 9 heteroatoms. The number of aromatic amines is 1. The minimum Gasteiger partial charge on any atom is -0.489 e. The summed E-state index contributed by atoms with van der Waals surface area (Å²) >= 11 is 0. The number of nitrogens with two attached hydrogens (primary N) is 1. The molecule has 0 spiro atoms. The first-order valence-electron chi connectivity index (χ1n) is 16.1. The van der Waals surface area contributed by atoms with E-state index in [2.05, 4.69) is 46.6 Å². The van der Waals surface area contributed by atoms with Crippen LogP contribution < -0.4 is 14.6 Å². The van der Waals surface area contributed by atoms with Gasteiger partial charge >= 0.3 is 0 Å². The van der Waals surface area contributed by atoms with Crippen molar-refractivity contribution in [2.45, 2.75) is 24.7 Å². The van der Waals surface area contributed by atoms with Gasteiger partial charge in [0.1, 0.15) is 30.4 Å². The van der Waals surface area contributed by atoms with Gasteiger partial charge in [-0.05, 0) is 59.2 Å². The van der Waals surface area contributed by atoms with Crippen LogP contribution in [0.2, 0.25) is 0 Å². The summed E-state index contributed by atoms with van der Waals surface area (Å²) in [7, 11) is -3.78. The normalized spacial score (nSPS) is 12.1. The van der Waals surface area contributed by atoms with Gasteiger partial charge in [0.05, 0.1) is 22.7 Å². The van der Waals surface area contributed by atoms with Crippen molar-refractivity contribution in [1.82, 2.24) is 10.2 Å². The highest BCUT2D eigenvalue weighted by molar-refractivity contribution is 7.89. The molecule has 50 heavy (non-hydrogen) atoms. The van der Waals surface area contributed by atoms with Crippen molar-refractivity contribution in [2.75, 3.05) is 0 Å². The second kappa shape index (κ2) is 14.6. The van der Waals surface area contributed by atoms with Crippen molar-refractivity contribution in [3.63, 3.8) is 0 Å². The van der Waals surface area contributed by atoms with Crippen molar-refractivity contribution >= 4 is 26.6 Å². The SMILES string of the molecule is NS(=O)(=O)c1cccc(-c2n[nH]c3ccc(OCc4ccccc4)cc23)c1.c1ccc(COc2ccc3c(c2)C(c2ccccc2)=NC3)cc1. The van der Waals surface area contributed by atoms with Gasteiger partial charge in [0, 0.05) is 22.1 Å². The number of nitrogens with one attached hydrogen (secondary N) is 1. The van der Waals surface area contributed by atoms with Crippen molar-refractivity contribution in [3.8, 4) is 22.8 Å². The molecule has 6 aromatic carbocycles. The summed E-state index contributed by atoms with van der Waals surface area (Å²) in [6.45, 7) is 1.79. The molecule has 0 fully saturated rings. The lowest BCUT2D eigenvalue weighted by molar-refractivity contribution is 0.306. The Morgan fingerprint density at radius 2 is 1.24 bits per heavy atom. The molecule has 0 atom stereocenters. The highest BCUT2D eigenvalue weighted by Gasteiger charge is 2.18. The second-order valence-electron chi connectivity index (χ2n) is 11.8. The average molecular weight is 679 g/mol. The minimum atomic E-state index is -3.78. The van der Waals surface area contributed by atoms with Gasteiger partial charge in [0.15, 0.2) is 0 Å². The van der Waals surface area contributed by atoms with Crippen LogP contribution in [0.4, 0.5) is 0 Å². The third-order valence-electron chi connectivity index (χ3n) is 8.26. The number of H-pyrrole nitrogens is 1. The molecule has 2 heterocycles. The summed E-state index contributed by atoms with van der Waals surface area (Å²) in [4.78, 5) is 4.74. The van der Waals surface area contributed by atoms with Crippen LogP contribution >= 0.6 is 0 Å². The predicted molar refractivity (Wildman–Crippen MR) is 197 cm³/mol. The quantitative estimate of drug-likeness (QED) is 0.160. The number of nitrogens with zero attached hydrogens (tertiary/aromatic N) is 2. The summed E-state index contributed by atoms with van der Waals surface area (Å²) < 4.78 is 35.1. The van der Waals surface area contributed by atoms with Crippen molar-refractivity contribution < 1.29 is 17.9 Å². The number of rotatable bonds is 9. The Morgan fingerprint density at radius 1 is 0.640 bits per heavy atom. The van der Waals surface area contributed by atoms with Crippen LogP contribution in [0.15, 0.2) is 162 Å². The Kier molecular flexibility index (Phi) is 9.50. The molecule has 1 aliphatic heterocycles. The molecule has 8 nitrogen and oxygen atoms in total. The number of aliphatic imine (C=N–C) groups is 1. The van der Waals surface area contributed by atoms with Gasteiger partial charge in [-0.1, -0.05) is 109 Å². The van der Waals surface area contributed by atoms with Crippen LogP contribution in [-0.2, 0) is 29.8 Å². The number of fused-ring (bicyclic) bond motifs is 2. The summed E-state index contributed by atoms with van der Waals surface area (Å²) in [6, 6.07) is 48.8. The van der Waals surface area contributed by atoms with Crippen LogP contribution in [0.3, 0.4) is 0 Å². The van der Waals surface area contributed by atoms with Crippen molar-refractivity contribution in [1.29, 1.82) is 0 Å². The fourth-order valence-electron chi connectivity index (χ4n) is 5.70. The van der Waals surface area contributed by atoms with Crippen LogP contribution in [0.25, 0.3) is 22.2 Å². The summed E-state index contributed by atoms with van der Waals surface area (Å²) in [5, 5.41) is 13.4. The lowest BCUT2D eigenvalue weighted by Gasteiger charge is -2.09.